The lowest BCUT2D eigenvalue weighted by atomic mass is 9.69. The minimum absolute atomic E-state index is 0.390. The number of nitrogens with one attached hydrogen (secondary N) is 1. The van der Waals surface area contributed by atoms with E-state index in [1.54, 1.807) is 7.11 Å². The molecule has 0 radical (unpaired) electrons. The van der Waals surface area contributed by atoms with Gasteiger partial charge in [0, 0.05) is 11.7 Å². The Labute approximate surface area is 144 Å². The number of hydrogen-bond acceptors (Lipinski definition) is 3. The molecule has 0 unspecified atom stereocenters. The smallest absolute Gasteiger partial charge is 0.119 e. The highest BCUT2D eigenvalue weighted by molar-refractivity contribution is 5.51. The highest BCUT2D eigenvalue weighted by Crippen LogP contribution is 2.40. The van der Waals surface area contributed by atoms with Gasteiger partial charge in [0.1, 0.15) is 5.75 Å². The van der Waals surface area contributed by atoms with Gasteiger partial charge < -0.3 is 10.1 Å². The van der Waals surface area contributed by atoms with E-state index < -0.39 is 5.41 Å². The highest BCUT2D eigenvalue weighted by Gasteiger charge is 2.37. The Hall–Kier alpha value is -2.47. The van der Waals surface area contributed by atoms with E-state index in [2.05, 4.69) is 48.6 Å². The zero-order valence-corrected chi connectivity index (χ0v) is 14.4. The normalized spacial score (nSPS) is 23.3. The third kappa shape index (κ3) is 3.23. The molecule has 0 amide bonds. The Morgan fingerprint density at radius 1 is 1.12 bits per heavy atom. The summed E-state index contributed by atoms with van der Waals surface area (Å²) in [7, 11) is 1.67. The molecule has 124 valence electrons. The van der Waals surface area contributed by atoms with E-state index in [-0.39, 0.29) is 0 Å². The molecule has 3 rings (SSSR count). The molecule has 1 saturated carbocycles. The van der Waals surface area contributed by atoms with E-state index in [0.29, 0.717) is 6.04 Å². The number of anilines is 1. The number of rotatable bonds is 4. The monoisotopic (exact) mass is 320 g/mol. The molecule has 0 spiro atoms. The summed E-state index contributed by atoms with van der Waals surface area (Å²) in [6, 6.07) is 19.4. The van der Waals surface area contributed by atoms with Crippen LogP contribution in [0.5, 0.6) is 5.75 Å². The Morgan fingerprint density at radius 3 is 2.54 bits per heavy atom. The Morgan fingerprint density at radius 2 is 1.88 bits per heavy atom. The van der Waals surface area contributed by atoms with Crippen LogP contribution in [0.1, 0.15) is 36.8 Å². The highest BCUT2D eigenvalue weighted by atomic mass is 16.5. The first-order valence-corrected chi connectivity index (χ1v) is 8.55. The average Bonchev–Trinajstić information content (AvgIpc) is 2.64. The van der Waals surface area contributed by atoms with Crippen LogP contribution in [0.3, 0.4) is 0 Å². The Kier molecular flexibility index (Phi) is 4.76. The molecule has 3 nitrogen and oxygen atoms in total. The first-order chi connectivity index (χ1) is 11.7. The number of nitriles is 1. The summed E-state index contributed by atoms with van der Waals surface area (Å²) in [5.41, 5.74) is 3.16. The second-order valence-corrected chi connectivity index (χ2v) is 6.66. The van der Waals surface area contributed by atoms with Crippen LogP contribution < -0.4 is 10.1 Å². The maximum Gasteiger partial charge on any atom is 0.119 e. The Balaban J connectivity index is 1.72. The van der Waals surface area contributed by atoms with Gasteiger partial charge in [-0.2, -0.15) is 5.26 Å². The van der Waals surface area contributed by atoms with Crippen molar-refractivity contribution in [3.05, 3.63) is 59.7 Å². The number of nitrogens with zero attached hydrogens (tertiary/aromatic N) is 1. The average molecular weight is 320 g/mol. The van der Waals surface area contributed by atoms with Crippen LogP contribution in [-0.2, 0) is 5.41 Å². The van der Waals surface area contributed by atoms with Gasteiger partial charge in [-0.15, -0.1) is 0 Å². The van der Waals surface area contributed by atoms with Gasteiger partial charge in [-0.3, -0.25) is 0 Å². The summed E-state index contributed by atoms with van der Waals surface area (Å²) >= 11 is 0. The molecule has 0 aliphatic heterocycles. The van der Waals surface area contributed by atoms with E-state index >= 15 is 0 Å². The molecule has 1 aliphatic rings. The molecule has 0 bridgehead atoms. The van der Waals surface area contributed by atoms with Gasteiger partial charge in [0.05, 0.1) is 18.6 Å². The van der Waals surface area contributed by atoms with E-state index in [4.69, 9.17) is 4.74 Å². The fourth-order valence-corrected chi connectivity index (χ4v) is 3.60. The van der Waals surface area contributed by atoms with Crippen LogP contribution in [0.25, 0.3) is 0 Å². The molecular weight excluding hydrogens is 296 g/mol. The number of ether oxygens (including phenoxy) is 1. The molecule has 0 atom stereocenters. The molecule has 1 aliphatic carbocycles. The van der Waals surface area contributed by atoms with E-state index in [1.165, 1.54) is 11.3 Å². The largest absolute Gasteiger partial charge is 0.497 e. The van der Waals surface area contributed by atoms with Gasteiger partial charge >= 0.3 is 0 Å². The van der Waals surface area contributed by atoms with Crippen molar-refractivity contribution in [1.82, 2.24) is 0 Å². The topological polar surface area (TPSA) is 45.0 Å². The molecule has 24 heavy (non-hydrogen) atoms. The first-order valence-electron chi connectivity index (χ1n) is 8.55. The van der Waals surface area contributed by atoms with Crippen LogP contribution in [-0.4, -0.2) is 13.2 Å². The maximum atomic E-state index is 9.87. The van der Waals surface area contributed by atoms with Crippen molar-refractivity contribution >= 4 is 5.69 Å². The minimum atomic E-state index is -0.390. The number of aryl methyl sites for hydroxylation is 1. The Bertz CT molecular complexity index is 739. The molecule has 0 saturated heterocycles. The molecule has 3 heteroatoms. The van der Waals surface area contributed by atoms with Crippen molar-refractivity contribution in [2.24, 2.45) is 0 Å². The van der Waals surface area contributed by atoms with Gasteiger partial charge in [0.25, 0.3) is 0 Å². The lowest BCUT2D eigenvalue weighted by Crippen LogP contribution is -2.35. The van der Waals surface area contributed by atoms with Crippen LogP contribution in [0.2, 0.25) is 0 Å². The number of benzene rings is 2. The fraction of sp³-hybridized carbons (Fsp3) is 0.381. The van der Waals surface area contributed by atoms with Crippen molar-refractivity contribution < 1.29 is 4.74 Å². The molecule has 2 aromatic carbocycles. The van der Waals surface area contributed by atoms with E-state index in [0.717, 1.165) is 37.0 Å². The van der Waals surface area contributed by atoms with Gasteiger partial charge in [-0.1, -0.05) is 30.3 Å². The molecule has 1 N–H and O–H groups in total. The van der Waals surface area contributed by atoms with Crippen molar-refractivity contribution in [2.45, 2.75) is 44.1 Å². The summed E-state index contributed by atoms with van der Waals surface area (Å²) in [6.45, 7) is 2.13. The molecule has 0 heterocycles. The molecule has 0 aromatic heterocycles. The van der Waals surface area contributed by atoms with E-state index in [9.17, 15) is 5.26 Å². The van der Waals surface area contributed by atoms with Crippen molar-refractivity contribution in [2.75, 3.05) is 12.4 Å². The zero-order chi connectivity index (χ0) is 17.0. The zero-order valence-electron chi connectivity index (χ0n) is 14.4. The van der Waals surface area contributed by atoms with E-state index in [1.807, 2.05) is 18.2 Å². The fourth-order valence-electron chi connectivity index (χ4n) is 3.60. The lowest BCUT2D eigenvalue weighted by molar-refractivity contribution is 0.342. The second kappa shape index (κ2) is 6.97. The summed E-state index contributed by atoms with van der Waals surface area (Å²) in [4.78, 5) is 0. The summed E-state index contributed by atoms with van der Waals surface area (Å²) in [5, 5.41) is 13.5. The molecule has 2 aromatic rings. The van der Waals surface area contributed by atoms with Crippen molar-refractivity contribution in [1.29, 1.82) is 5.26 Å². The molecule has 1 fully saturated rings. The number of hydrogen-bond donors (Lipinski definition) is 1. The number of methoxy groups -OCH3 is 1. The summed E-state index contributed by atoms with van der Waals surface area (Å²) in [6.07, 6.45) is 3.75. The summed E-state index contributed by atoms with van der Waals surface area (Å²) < 4.78 is 5.33. The van der Waals surface area contributed by atoms with Gasteiger partial charge in [0.15, 0.2) is 0 Å². The van der Waals surface area contributed by atoms with Crippen LogP contribution in [0.4, 0.5) is 5.69 Å². The quantitative estimate of drug-likeness (QED) is 0.878. The predicted molar refractivity (Wildman–Crippen MR) is 97.3 cm³/mol. The second-order valence-electron chi connectivity index (χ2n) is 6.66. The number of para-hydroxylation sites is 1. The van der Waals surface area contributed by atoms with Crippen molar-refractivity contribution in [3.63, 3.8) is 0 Å². The van der Waals surface area contributed by atoms with Crippen LogP contribution in [0.15, 0.2) is 48.5 Å². The molecular formula is C21H24N2O. The SMILES string of the molecule is COc1cccc([C@]2(C#N)CC[C@@H](Nc3ccccc3C)CC2)c1. The lowest BCUT2D eigenvalue weighted by Gasteiger charge is -2.36. The standard InChI is InChI=1S/C21H24N2O/c1-16-6-3-4-9-20(16)23-18-10-12-21(15-22,13-11-18)17-7-5-8-19(14-17)24-2/h3-9,14,18,23H,10-13H2,1-2H3/t18-,21-. The van der Waals surface area contributed by atoms with Gasteiger partial charge in [-0.25, -0.2) is 0 Å². The first kappa shape index (κ1) is 16.4. The maximum absolute atomic E-state index is 9.87. The third-order valence-electron chi connectivity index (χ3n) is 5.18. The third-order valence-corrected chi connectivity index (χ3v) is 5.18. The van der Waals surface area contributed by atoms with Crippen LogP contribution in [0, 0.1) is 18.3 Å². The minimum Gasteiger partial charge on any atom is -0.497 e. The predicted octanol–water partition coefficient (Wildman–Crippen LogP) is 4.82. The van der Waals surface area contributed by atoms with Gasteiger partial charge in [-0.05, 0) is 61.9 Å². The summed E-state index contributed by atoms with van der Waals surface area (Å²) in [5.74, 6) is 0.822. The van der Waals surface area contributed by atoms with Crippen molar-refractivity contribution in [3.8, 4) is 11.8 Å². The van der Waals surface area contributed by atoms with Gasteiger partial charge in [0.2, 0.25) is 0 Å². The van der Waals surface area contributed by atoms with Crippen LogP contribution >= 0.6 is 0 Å².